The van der Waals surface area contributed by atoms with Crippen LogP contribution < -0.4 is 5.32 Å². The molecule has 0 aliphatic heterocycles. The van der Waals surface area contributed by atoms with Crippen LogP contribution in [0, 0.1) is 6.92 Å². The molecule has 1 heterocycles. The summed E-state index contributed by atoms with van der Waals surface area (Å²) in [5, 5.41) is 6.69. The molecule has 1 amide bonds. The number of halogens is 2. The molecule has 1 atom stereocenters. The molecule has 25 heavy (non-hydrogen) atoms. The Hall–Kier alpha value is -1.70. The molecular weight excluding hydrogens is 387 g/mol. The zero-order chi connectivity index (χ0) is 18.4. The summed E-state index contributed by atoms with van der Waals surface area (Å²) in [5.74, 6) is 0.218. The first-order chi connectivity index (χ1) is 11.9. The maximum absolute atomic E-state index is 12.0. The Bertz CT molecular complexity index is 746. The predicted molar refractivity (Wildman–Crippen MR) is 98.0 cm³/mol. The van der Waals surface area contributed by atoms with E-state index in [4.69, 9.17) is 32.5 Å². The summed E-state index contributed by atoms with van der Waals surface area (Å²) in [6.45, 7) is 3.39. The van der Waals surface area contributed by atoms with Crippen molar-refractivity contribution >= 4 is 52.7 Å². The molecule has 2 rings (SSSR count). The average molecular weight is 403 g/mol. The third kappa shape index (κ3) is 5.95. The highest BCUT2D eigenvalue weighted by Gasteiger charge is 2.17. The summed E-state index contributed by atoms with van der Waals surface area (Å²) in [7, 11) is 0. The van der Waals surface area contributed by atoms with E-state index in [-0.39, 0.29) is 18.3 Å². The largest absolute Gasteiger partial charge is 0.460 e. The molecule has 0 unspecified atom stereocenters. The number of hydrogen-bond acceptors (Lipinski definition) is 6. The quantitative estimate of drug-likeness (QED) is 0.702. The number of ether oxygens (including phenoxy) is 1. The van der Waals surface area contributed by atoms with Crippen LogP contribution in [0.3, 0.4) is 0 Å². The lowest BCUT2D eigenvalue weighted by Gasteiger charge is -2.11. The second-order valence-electron chi connectivity index (χ2n) is 5.13. The van der Waals surface area contributed by atoms with Gasteiger partial charge in [-0.15, -0.1) is 11.8 Å². The van der Waals surface area contributed by atoms with Crippen molar-refractivity contribution in [1.82, 2.24) is 5.16 Å². The smallest absolute Gasteiger partial charge is 0.316 e. The van der Waals surface area contributed by atoms with Gasteiger partial charge in [0.15, 0.2) is 5.82 Å². The van der Waals surface area contributed by atoms with E-state index < -0.39 is 11.2 Å². The van der Waals surface area contributed by atoms with Crippen LogP contribution in [0.5, 0.6) is 0 Å². The van der Waals surface area contributed by atoms with Crippen LogP contribution in [0.25, 0.3) is 0 Å². The fraction of sp³-hybridized carbons (Fsp3) is 0.312. The van der Waals surface area contributed by atoms with E-state index in [2.05, 4.69) is 10.5 Å². The second-order valence-corrected chi connectivity index (χ2v) is 7.27. The first-order valence-electron chi connectivity index (χ1n) is 7.31. The monoisotopic (exact) mass is 402 g/mol. The van der Waals surface area contributed by atoms with Gasteiger partial charge in [0, 0.05) is 21.7 Å². The van der Waals surface area contributed by atoms with Crippen LogP contribution in [0.1, 0.15) is 18.2 Å². The van der Waals surface area contributed by atoms with Crippen molar-refractivity contribution in [2.45, 2.75) is 25.7 Å². The van der Waals surface area contributed by atoms with Gasteiger partial charge in [0.2, 0.25) is 5.91 Å². The molecule has 0 aliphatic rings. The van der Waals surface area contributed by atoms with Crippen molar-refractivity contribution < 1.29 is 18.8 Å². The zero-order valence-electron chi connectivity index (χ0n) is 13.5. The van der Waals surface area contributed by atoms with Gasteiger partial charge < -0.3 is 14.6 Å². The summed E-state index contributed by atoms with van der Waals surface area (Å²) >= 11 is 13.2. The van der Waals surface area contributed by atoms with Gasteiger partial charge in [-0.3, -0.25) is 9.59 Å². The third-order valence-corrected chi connectivity index (χ3v) is 4.96. The van der Waals surface area contributed by atoms with Crippen LogP contribution in [0.15, 0.2) is 28.8 Å². The minimum absolute atomic E-state index is 0.0172. The number of nitrogens with zero attached hydrogens (tertiary/aromatic N) is 1. The van der Waals surface area contributed by atoms with Crippen LogP contribution in [0.4, 0.5) is 5.82 Å². The van der Waals surface area contributed by atoms with Gasteiger partial charge in [0.05, 0.1) is 11.0 Å². The summed E-state index contributed by atoms with van der Waals surface area (Å²) in [6.07, 6.45) is 0. The summed E-state index contributed by atoms with van der Waals surface area (Å²) in [4.78, 5) is 23.8. The zero-order valence-corrected chi connectivity index (χ0v) is 15.9. The SMILES string of the molecule is Cc1cc(NC(=O)[C@@H](C)SCC(=O)OCc2c(Cl)cccc2Cl)no1. The number of thioether (sulfide) groups is 1. The van der Waals surface area contributed by atoms with E-state index in [1.807, 2.05) is 0 Å². The van der Waals surface area contributed by atoms with Gasteiger partial charge in [-0.2, -0.15) is 0 Å². The maximum atomic E-state index is 12.0. The van der Waals surface area contributed by atoms with E-state index in [0.29, 0.717) is 27.2 Å². The van der Waals surface area contributed by atoms with Gasteiger partial charge in [-0.25, -0.2) is 0 Å². The van der Waals surface area contributed by atoms with Crippen molar-refractivity contribution in [1.29, 1.82) is 0 Å². The van der Waals surface area contributed by atoms with Gasteiger partial charge in [-0.1, -0.05) is 34.4 Å². The maximum Gasteiger partial charge on any atom is 0.316 e. The Balaban J connectivity index is 1.76. The molecule has 2 aromatic rings. The normalized spacial score (nSPS) is 11.8. The number of aromatic nitrogens is 1. The minimum atomic E-state index is -0.464. The lowest BCUT2D eigenvalue weighted by molar-refractivity contribution is -0.141. The fourth-order valence-electron chi connectivity index (χ4n) is 1.79. The van der Waals surface area contributed by atoms with Gasteiger partial charge in [0.1, 0.15) is 12.4 Å². The van der Waals surface area contributed by atoms with Crippen molar-refractivity contribution in [3.05, 3.63) is 45.6 Å². The minimum Gasteiger partial charge on any atom is -0.460 e. The van der Waals surface area contributed by atoms with Crippen molar-refractivity contribution in [3.8, 4) is 0 Å². The molecule has 0 fully saturated rings. The predicted octanol–water partition coefficient (Wildman–Crippen LogP) is 4.09. The first-order valence-corrected chi connectivity index (χ1v) is 9.11. The number of rotatable bonds is 7. The standard InChI is InChI=1S/C16H16Cl2N2O4S/c1-9-6-14(20-24-9)19-16(22)10(2)25-8-15(21)23-7-11-12(17)4-3-5-13(11)18/h3-6,10H,7-8H2,1-2H3,(H,19,20,22)/t10-/m1/s1. The Morgan fingerprint density at radius 1 is 1.36 bits per heavy atom. The first kappa shape index (κ1) is 19.6. The topological polar surface area (TPSA) is 81.4 Å². The Morgan fingerprint density at radius 2 is 2.04 bits per heavy atom. The number of hydrogen-bond donors (Lipinski definition) is 1. The Morgan fingerprint density at radius 3 is 2.64 bits per heavy atom. The van der Waals surface area contributed by atoms with E-state index in [9.17, 15) is 9.59 Å². The molecule has 1 N–H and O–H groups in total. The van der Waals surface area contributed by atoms with Gasteiger partial charge in [0.25, 0.3) is 0 Å². The number of esters is 1. The van der Waals surface area contributed by atoms with Gasteiger partial charge in [-0.05, 0) is 26.0 Å². The molecule has 0 saturated carbocycles. The third-order valence-electron chi connectivity index (χ3n) is 3.14. The average Bonchev–Trinajstić information content (AvgIpc) is 2.97. The molecule has 0 aliphatic carbocycles. The van der Waals surface area contributed by atoms with E-state index in [1.165, 1.54) is 0 Å². The molecule has 0 radical (unpaired) electrons. The second kappa shape index (κ2) is 9.12. The van der Waals surface area contributed by atoms with Gasteiger partial charge >= 0.3 is 5.97 Å². The Labute approximate surface area is 159 Å². The number of amides is 1. The highest BCUT2D eigenvalue weighted by Crippen LogP contribution is 2.25. The number of carbonyl (C=O) groups excluding carboxylic acids is 2. The number of nitrogens with one attached hydrogen (secondary N) is 1. The van der Waals surface area contributed by atoms with E-state index in [1.54, 1.807) is 38.1 Å². The molecule has 0 spiro atoms. The van der Waals surface area contributed by atoms with Crippen LogP contribution in [-0.2, 0) is 20.9 Å². The highest BCUT2D eigenvalue weighted by atomic mass is 35.5. The summed E-state index contributed by atoms with van der Waals surface area (Å²) < 4.78 is 10.0. The number of benzene rings is 1. The Kier molecular flexibility index (Phi) is 7.16. The van der Waals surface area contributed by atoms with E-state index >= 15 is 0 Å². The molecule has 9 heteroatoms. The van der Waals surface area contributed by atoms with E-state index in [0.717, 1.165) is 11.8 Å². The molecule has 0 saturated heterocycles. The molecule has 0 bridgehead atoms. The molecule has 1 aromatic heterocycles. The molecule has 134 valence electrons. The molecular formula is C16H16Cl2N2O4S. The number of aryl methyl sites for hydroxylation is 1. The number of carbonyl (C=O) groups is 2. The number of anilines is 1. The summed E-state index contributed by atoms with van der Waals surface area (Å²) in [5.41, 5.74) is 0.552. The summed E-state index contributed by atoms with van der Waals surface area (Å²) in [6, 6.07) is 6.66. The fourth-order valence-corrected chi connectivity index (χ4v) is 2.97. The van der Waals surface area contributed by atoms with Crippen molar-refractivity contribution in [3.63, 3.8) is 0 Å². The molecule has 1 aromatic carbocycles. The van der Waals surface area contributed by atoms with Crippen molar-refractivity contribution in [2.24, 2.45) is 0 Å². The highest BCUT2D eigenvalue weighted by molar-refractivity contribution is 8.01. The lowest BCUT2D eigenvalue weighted by Crippen LogP contribution is -2.24. The van der Waals surface area contributed by atoms with Crippen LogP contribution >= 0.6 is 35.0 Å². The van der Waals surface area contributed by atoms with Crippen LogP contribution in [-0.4, -0.2) is 28.0 Å². The van der Waals surface area contributed by atoms with Crippen molar-refractivity contribution in [2.75, 3.05) is 11.1 Å². The molecule has 6 nitrogen and oxygen atoms in total. The lowest BCUT2D eigenvalue weighted by atomic mass is 10.2. The van der Waals surface area contributed by atoms with Crippen LogP contribution in [0.2, 0.25) is 10.0 Å².